The number of carboxylic acids is 2. The van der Waals surface area contributed by atoms with Crippen LogP contribution in [0.5, 0.6) is 0 Å². The van der Waals surface area contributed by atoms with E-state index in [9.17, 15) is 9.59 Å². The van der Waals surface area contributed by atoms with Crippen LogP contribution in [0.2, 0.25) is 0 Å². The Morgan fingerprint density at radius 1 is 1.07 bits per heavy atom. The number of aliphatic carboxylic acids is 2. The Labute approximate surface area is 79.2 Å². The lowest BCUT2D eigenvalue weighted by molar-refractivity contribution is -0.137. The highest BCUT2D eigenvalue weighted by Crippen LogP contribution is 1.98. The molecule has 2 N–H and O–H groups in total. The second-order valence-corrected chi connectivity index (χ2v) is 2.65. The number of rotatable bonds is 4. The predicted molar refractivity (Wildman–Crippen MR) is 44.7 cm³/mol. The Kier molecular flexibility index (Phi) is 3.11. The van der Waals surface area contributed by atoms with Crippen molar-refractivity contribution in [2.45, 2.75) is 12.8 Å². The van der Waals surface area contributed by atoms with Crippen molar-refractivity contribution in [3.8, 4) is 0 Å². The van der Waals surface area contributed by atoms with Gasteiger partial charge >= 0.3 is 11.9 Å². The van der Waals surface area contributed by atoms with Crippen molar-refractivity contribution in [1.29, 1.82) is 0 Å². The maximum absolute atomic E-state index is 10.3. The summed E-state index contributed by atoms with van der Waals surface area (Å²) in [6, 6.07) is 0. The molecule has 0 aliphatic rings. The third kappa shape index (κ3) is 3.18. The van der Waals surface area contributed by atoms with E-state index < -0.39 is 11.9 Å². The lowest BCUT2D eigenvalue weighted by Crippen LogP contribution is -2.06. The highest BCUT2D eigenvalue weighted by Gasteiger charge is 2.05. The zero-order valence-electron chi connectivity index (χ0n) is 7.17. The minimum atomic E-state index is -1.02. The molecule has 0 fully saturated rings. The molecule has 74 valence electrons. The van der Waals surface area contributed by atoms with Gasteiger partial charge in [-0.15, -0.1) is 0 Å². The summed E-state index contributed by atoms with van der Waals surface area (Å²) in [7, 11) is 0. The molecule has 0 aromatic carbocycles. The molecule has 0 radical (unpaired) electrons. The number of carbonyl (C=O) groups is 2. The quantitative estimate of drug-likeness (QED) is 0.687. The molecule has 0 amide bonds. The van der Waals surface area contributed by atoms with Gasteiger partial charge in [-0.1, -0.05) is 0 Å². The number of carboxylic acid groups (broad SMARTS) is 2. The summed E-state index contributed by atoms with van der Waals surface area (Å²) in [5, 5.41) is 16.8. The average Bonchev–Trinajstić information content (AvgIpc) is 2.06. The first-order chi connectivity index (χ1) is 6.58. The molecule has 0 bridgehead atoms. The Morgan fingerprint density at radius 3 is 2.00 bits per heavy atom. The number of nitrogens with zero attached hydrogens (tertiary/aromatic N) is 2. The largest absolute Gasteiger partial charge is 0.481 e. The molecule has 6 nitrogen and oxygen atoms in total. The maximum atomic E-state index is 10.3. The summed E-state index contributed by atoms with van der Waals surface area (Å²) in [6.07, 6.45) is 2.22. The smallest absolute Gasteiger partial charge is 0.311 e. The number of hydrogen-bond acceptors (Lipinski definition) is 4. The molecule has 0 spiro atoms. The zero-order chi connectivity index (χ0) is 10.6. The molecular weight excluding hydrogens is 188 g/mol. The summed E-state index contributed by atoms with van der Waals surface area (Å²) in [4.78, 5) is 28.0. The lowest BCUT2D eigenvalue weighted by Gasteiger charge is -1.97. The van der Waals surface area contributed by atoms with Gasteiger partial charge in [0.2, 0.25) is 0 Å². The zero-order valence-corrected chi connectivity index (χ0v) is 7.17. The van der Waals surface area contributed by atoms with E-state index in [4.69, 9.17) is 10.2 Å². The van der Waals surface area contributed by atoms with Crippen molar-refractivity contribution >= 4 is 11.9 Å². The van der Waals surface area contributed by atoms with Gasteiger partial charge in [0.1, 0.15) is 12.2 Å². The fourth-order valence-electron chi connectivity index (χ4n) is 0.874. The molecule has 0 saturated heterocycles. The van der Waals surface area contributed by atoms with Gasteiger partial charge in [-0.25, -0.2) is 9.97 Å². The standard InChI is InChI=1S/C8H8N2O4/c11-7(12)1-5-3-9-6(10-4-5)2-8(13)14/h3-4H,1-2H2,(H,11,12)(H,13,14). The molecule has 0 aliphatic carbocycles. The van der Waals surface area contributed by atoms with E-state index >= 15 is 0 Å². The Hall–Kier alpha value is -1.98. The highest BCUT2D eigenvalue weighted by molar-refractivity contribution is 5.70. The topological polar surface area (TPSA) is 100 Å². The predicted octanol–water partition coefficient (Wildman–Crippen LogP) is -0.269. The van der Waals surface area contributed by atoms with Gasteiger partial charge < -0.3 is 10.2 Å². The molecule has 1 aromatic rings. The number of hydrogen-bond donors (Lipinski definition) is 2. The van der Waals surface area contributed by atoms with Crippen molar-refractivity contribution in [3.05, 3.63) is 23.8 Å². The first kappa shape index (κ1) is 10.1. The van der Waals surface area contributed by atoms with E-state index in [1.54, 1.807) is 0 Å². The summed E-state index contributed by atoms with van der Waals surface area (Å²) in [6.45, 7) is 0. The van der Waals surface area contributed by atoms with E-state index in [1.807, 2.05) is 0 Å². The SMILES string of the molecule is O=C(O)Cc1cnc(CC(=O)O)nc1. The monoisotopic (exact) mass is 196 g/mol. The normalized spacial score (nSPS) is 9.71. The fraction of sp³-hybridized carbons (Fsp3) is 0.250. The first-order valence-corrected chi connectivity index (χ1v) is 3.81. The van der Waals surface area contributed by atoms with Crippen LogP contribution in [-0.2, 0) is 22.4 Å². The summed E-state index contributed by atoms with van der Waals surface area (Å²) < 4.78 is 0. The van der Waals surface area contributed by atoms with E-state index in [1.165, 1.54) is 12.4 Å². The van der Waals surface area contributed by atoms with Gasteiger partial charge in [0.15, 0.2) is 0 Å². The van der Waals surface area contributed by atoms with Crippen LogP contribution >= 0.6 is 0 Å². The Balaban J connectivity index is 2.68. The van der Waals surface area contributed by atoms with Crippen molar-refractivity contribution < 1.29 is 19.8 Å². The molecule has 0 unspecified atom stereocenters. The Bertz CT molecular complexity index is 312. The molecule has 0 atom stereocenters. The van der Waals surface area contributed by atoms with Crippen LogP contribution in [0.25, 0.3) is 0 Å². The van der Waals surface area contributed by atoms with Crippen LogP contribution in [0.3, 0.4) is 0 Å². The molecule has 0 saturated carbocycles. The molecule has 1 aromatic heterocycles. The summed E-state index contributed by atoms with van der Waals surface area (Å²) in [5.74, 6) is -1.82. The molecular formula is C8H8N2O4. The number of aromatic nitrogens is 2. The molecule has 14 heavy (non-hydrogen) atoms. The fourth-order valence-corrected chi connectivity index (χ4v) is 0.874. The van der Waals surface area contributed by atoms with Gasteiger partial charge in [-0.2, -0.15) is 0 Å². The molecule has 6 heteroatoms. The first-order valence-electron chi connectivity index (χ1n) is 3.81. The van der Waals surface area contributed by atoms with Crippen molar-refractivity contribution in [2.75, 3.05) is 0 Å². The maximum Gasteiger partial charge on any atom is 0.311 e. The van der Waals surface area contributed by atoms with Crippen LogP contribution in [0.1, 0.15) is 11.4 Å². The second-order valence-electron chi connectivity index (χ2n) is 2.65. The van der Waals surface area contributed by atoms with E-state index in [-0.39, 0.29) is 18.7 Å². The van der Waals surface area contributed by atoms with Crippen LogP contribution < -0.4 is 0 Å². The highest BCUT2D eigenvalue weighted by atomic mass is 16.4. The van der Waals surface area contributed by atoms with Gasteiger partial charge in [-0.05, 0) is 5.56 Å². The third-order valence-electron chi connectivity index (χ3n) is 1.42. The van der Waals surface area contributed by atoms with Crippen molar-refractivity contribution in [1.82, 2.24) is 9.97 Å². The van der Waals surface area contributed by atoms with Gasteiger partial charge in [0.05, 0.1) is 6.42 Å². The van der Waals surface area contributed by atoms with E-state index in [2.05, 4.69) is 9.97 Å². The molecule has 1 heterocycles. The lowest BCUT2D eigenvalue weighted by atomic mass is 10.2. The van der Waals surface area contributed by atoms with Crippen LogP contribution in [0, 0.1) is 0 Å². The van der Waals surface area contributed by atoms with E-state index in [0.717, 1.165) is 0 Å². The van der Waals surface area contributed by atoms with Gasteiger partial charge in [0, 0.05) is 12.4 Å². The molecule has 0 aliphatic heterocycles. The third-order valence-corrected chi connectivity index (χ3v) is 1.42. The van der Waals surface area contributed by atoms with Gasteiger partial charge in [0.25, 0.3) is 0 Å². The molecule has 1 rings (SSSR count). The minimum Gasteiger partial charge on any atom is -0.481 e. The van der Waals surface area contributed by atoms with Crippen molar-refractivity contribution in [3.63, 3.8) is 0 Å². The average molecular weight is 196 g/mol. The van der Waals surface area contributed by atoms with Crippen molar-refractivity contribution in [2.24, 2.45) is 0 Å². The van der Waals surface area contributed by atoms with Crippen LogP contribution in [0.4, 0.5) is 0 Å². The minimum absolute atomic E-state index is 0.159. The van der Waals surface area contributed by atoms with Crippen LogP contribution in [-0.4, -0.2) is 32.1 Å². The van der Waals surface area contributed by atoms with Crippen LogP contribution in [0.15, 0.2) is 12.4 Å². The second kappa shape index (κ2) is 4.31. The van der Waals surface area contributed by atoms with E-state index in [0.29, 0.717) is 5.56 Å². The Morgan fingerprint density at radius 2 is 1.57 bits per heavy atom. The van der Waals surface area contributed by atoms with Gasteiger partial charge in [-0.3, -0.25) is 9.59 Å². The summed E-state index contributed by atoms with van der Waals surface area (Å²) >= 11 is 0. The summed E-state index contributed by atoms with van der Waals surface area (Å²) in [5.41, 5.74) is 0.451.